The average molecular weight is 338 g/mol. The van der Waals surface area contributed by atoms with Gasteiger partial charge in [-0.2, -0.15) is 0 Å². The molecule has 5 nitrogen and oxygen atoms in total. The van der Waals surface area contributed by atoms with Crippen LogP contribution in [0, 0.1) is 5.92 Å². The Balaban J connectivity index is 1.65. The lowest BCUT2D eigenvalue weighted by Gasteiger charge is -2.26. The number of nitrogens with one attached hydrogen (secondary N) is 1. The fraction of sp³-hybridized carbons (Fsp3) is 0.300. The Labute approximate surface area is 147 Å². The molecule has 0 unspecified atom stereocenters. The van der Waals surface area contributed by atoms with Crippen LogP contribution in [0.25, 0.3) is 0 Å². The predicted octanol–water partition coefficient (Wildman–Crippen LogP) is 2.91. The molecule has 2 aromatic carbocycles. The second kappa shape index (κ2) is 8.44. The Hall–Kier alpha value is -2.66. The van der Waals surface area contributed by atoms with Crippen molar-refractivity contribution >= 4 is 11.7 Å². The molecule has 0 radical (unpaired) electrons. The molecule has 130 valence electrons. The van der Waals surface area contributed by atoms with E-state index in [2.05, 4.69) is 10.5 Å². The molecular formula is C20H22N2O3. The zero-order chi connectivity index (χ0) is 17.5. The number of rotatable bonds is 6. The van der Waals surface area contributed by atoms with Gasteiger partial charge in [-0.25, -0.2) is 0 Å². The van der Waals surface area contributed by atoms with E-state index in [1.54, 1.807) is 0 Å². The third kappa shape index (κ3) is 4.67. The van der Waals surface area contributed by atoms with Crippen LogP contribution in [-0.4, -0.2) is 36.0 Å². The lowest BCUT2D eigenvalue weighted by atomic mass is 9.95. The molecule has 1 fully saturated rings. The first-order valence-electron chi connectivity index (χ1n) is 8.51. The van der Waals surface area contributed by atoms with Crippen molar-refractivity contribution in [3.05, 3.63) is 71.8 Å². The monoisotopic (exact) mass is 338 g/mol. The number of hydrogen-bond donors (Lipinski definition) is 2. The molecule has 1 saturated heterocycles. The smallest absolute Gasteiger partial charge is 0.307 e. The molecule has 1 aliphatic heterocycles. The van der Waals surface area contributed by atoms with Crippen molar-refractivity contribution in [1.29, 1.82) is 0 Å². The molecule has 0 bridgehead atoms. The Kier molecular flexibility index (Phi) is 5.80. The Morgan fingerprint density at radius 1 is 1.04 bits per heavy atom. The Bertz CT molecular complexity index is 667. The molecular weight excluding hydrogens is 316 g/mol. The maximum absolute atomic E-state index is 11.0. The first-order valence-corrected chi connectivity index (χ1v) is 8.51. The highest BCUT2D eigenvalue weighted by atomic mass is 16.6. The minimum atomic E-state index is -0.736. The van der Waals surface area contributed by atoms with Gasteiger partial charge in [0.1, 0.15) is 12.3 Å². The number of oxime groups is 1. The second-order valence-corrected chi connectivity index (χ2v) is 6.19. The summed E-state index contributed by atoms with van der Waals surface area (Å²) in [5.41, 5.74) is 2.79. The van der Waals surface area contributed by atoms with Crippen LogP contribution in [-0.2, 0) is 9.63 Å². The van der Waals surface area contributed by atoms with Crippen LogP contribution in [0.1, 0.15) is 24.0 Å². The van der Waals surface area contributed by atoms with E-state index >= 15 is 0 Å². The Morgan fingerprint density at radius 2 is 1.64 bits per heavy atom. The molecule has 3 rings (SSSR count). The summed E-state index contributed by atoms with van der Waals surface area (Å²) in [6, 6.07) is 20.0. The van der Waals surface area contributed by atoms with Crippen molar-refractivity contribution in [2.24, 2.45) is 11.1 Å². The van der Waals surface area contributed by atoms with E-state index in [1.165, 1.54) is 0 Å². The largest absolute Gasteiger partial charge is 0.481 e. The van der Waals surface area contributed by atoms with Crippen molar-refractivity contribution in [3.63, 3.8) is 0 Å². The van der Waals surface area contributed by atoms with Crippen molar-refractivity contribution in [2.45, 2.75) is 18.9 Å². The van der Waals surface area contributed by atoms with E-state index < -0.39 is 5.97 Å². The molecule has 1 heterocycles. The van der Waals surface area contributed by atoms with Gasteiger partial charge in [0.05, 0.1) is 5.92 Å². The maximum Gasteiger partial charge on any atom is 0.307 e. The van der Waals surface area contributed by atoms with E-state index in [-0.39, 0.29) is 12.0 Å². The van der Waals surface area contributed by atoms with Gasteiger partial charge in [-0.1, -0.05) is 65.8 Å². The molecule has 25 heavy (non-hydrogen) atoms. The van der Waals surface area contributed by atoms with Gasteiger partial charge in [-0.05, 0) is 12.8 Å². The fourth-order valence-corrected chi connectivity index (χ4v) is 2.92. The summed E-state index contributed by atoms with van der Waals surface area (Å²) in [5.74, 6) is -1.04. The minimum absolute atomic E-state index is 0.132. The summed E-state index contributed by atoms with van der Waals surface area (Å²) in [4.78, 5) is 16.6. The van der Waals surface area contributed by atoms with Crippen molar-refractivity contribution in [2.75, 3.05) is 13.2 Å². The molecule has 2 aromatic rings. The standard InChI is InChI=1S/C20H22N2O3/c23-20(24)17-11-12-18(21-13-17)14-25-22-19(15-7-3-1-4-8-15)16-9-5-2-6-10-16/h1-10,17-18,21H,11-14H2,(H,23,24)/t17-,18-/m1/s1. The zero-order valence-electron chi connectivity index (χ0n) is 14.0. The number of benzene rings is 2. The lowest BCUT2D eigenvalue weighted by Crippen LogP contribution is -2.43. The number of carboxylic acid groups (broad SMARTS) is 1. The third-order valence-corrected chi connectivity index (χ3v) is 4.39. The van der Waals surface area contributed by atoms with Crippen LogP contribution >= 0.6 is 0 Å². The number of piperidine rings is 1. The van der Waals surface area contributed by atoms with Gasteiger partial charge in [-0.15, -0.1) is 0 Å². The second-order valence-electron chi connectivity index (χ2n) is 6.19. The van der Waals surface area contributed by atoms with Gasteiger partial charge in [0.15, 0.2) is 0 Å². The van der Waals surface area contributed by atoms with Gasteiger partial charge < -0.3 is 15.3 Å². The SMILES string of the molecule is O=C(O)[C@@H]1CC[C@H](CON=C(c2ccccc2)c2ccccc2)NC1. The van der Waals surface area contributed by atoms with Crippen LogP contribution in [0.4, 0.5) is 0 Å². The number of aliphatic carboxylic acids is 1. The highest BCUT2D eigenvalue weighted by Crippen LogP contribution is 2.16. The normalized spacial score (nSPS) is 19.8. The molecule has 2 N–H and O–H groups in total. The fourth-order valence-electron chi connectivity index (χ4n) is 2.92. The topological polar surface area (TPSA) is 70.9 Å². The van der Waals surface area contributed by atoms with E-state index in [4.69, 9.17) is 9.94 Å². The molecule has 0 amide bonds. The van der Waals surface area contributed by atoms with E-state index in [9.17, 15) is 4.79 Å². The van der Waals surface area contributed by atoms with Gasteiger partial charge in [0.25, 0.3) is 0 Å². The molecule has 0 aliphatic carbocycles. The van der Waals surface area contributed by atoms with E-state index in [0.29, 0.717) is 19.6 Å². The third-order valence-electron chi connectivity index (χ3n) is 4.39. The predicted molar refractivity (Wildman–Crippen MR) is 96.6 cm³/mol. The number of carboxylic acids is 1. The number of hydrogen-bond acceptors (Lipinski definition) is 4. The Morgan fingerprint density at radius 3 is 2.12 bits per heavy atom. The average Bonchev–Trinajstić information content (AvgIpc) is 2.67. The molecule has 1 aliphatic rings. The van der Waals surface area contributed by atoms with Gasteiger partial charge in [-0.3, -0.25) is 4.79 Å². The van der Waals surface area contributed by atoms with Gasteiger partial charge >= 0.3 is 5.97 Å². The number of carbonyl (C=O) groups is 1. The minimum Gasteiger partial charge on any atom is -0.481 e. The number of nitrogens with zero attached hydrogens (tertiary/aromatic N) is 1. The first kappa shape index (κ1) is 17.2. The molecule has 5 heteroatoms. The van der Waals surface area contributed by atoms with Crippen molar-refractivity contribution in [3.8, 4) is 0 Å². The van der Waals surface area contributed by atoms with Crippen molar-refractivity contribution in [1.82, 2.24) is 5.32 Å². The van der Waals surface area contributed by atoms with Crippen LogP contribution in [0.3, 0.4) is 0 Å². The summed E-state index contributed by atoms with van der Waals surface area (Å²) < 4.78 is 0. The summed E-state index contributed by atoms with van der Waals surface area (Å²) in [6.45, 7) is 0.910. The zero-order valence-corrected chi connectivity index (χ0v) is 14.0. The van der Waals surface area contributed by atoms with E-state index in [0.717, 1.165) is 23.3 Å². The first-order chi connectivity index (χ1) is 12.2. The van der Waals surface area contributed by atoms with Gasteiger partial charge in [0, 0.05) is 23.7 Å². The van der Waals surface area contributed by atoms with Crippen LogP contribution in [0.15, 0.2) is 65.8 Å². The maximum atomic E-state index is 11.0. The summed E-state index contributed by atoms with van der Waals surface area (Å²) in [7, 11) is 0. The molecule has 0 aromatic heterocycles. The molecule has 0 saturated carbocycles. The quantitative estimate of drug-likeness (QED) is 0.627. The van der Waals surface area contributed by atoms with Crippen LogP contribution in [0.2, 0.25) is 0 Å². The van der Waals surface area contributed by atoms with Crippen molar-refractivity contribution < 1.29 is 14.7 Å². The van der Waals surface area contributed by atoms with E-state index in [1.807, 2.05) is 60.7 Å². The highest BCUT2D eigenvalue weighted by Gasteiger charge is 2.25. The lowest BCUT2D eigenvalue weighted by molar-refractivity contribution is -0.142. The summed E-state index contributed by atoms with van der Waals surface area (Å²) in [6.07, 6.45) is 1.45. The highest BCUT2D eigenvalue weighted by molar-refractivity contribution is 6.12. The van der Waals surface area contributed by atoms with Crippen LogP contribution in [0.5, 0.6) is 0 Å². The summed E-state index contributed by atoms with van der Waals surface area (Å²) in [5, 5.41) is 16.6. The molecule has 0 spiro atoms. The van der Waals surface area contributed by atoms with Gasteiger partial charge in [0.2, 0.25) is 0 Å². The van der Waals surface area contributed by atoms with Crippen LogP contribution < -0.4 is 5.32 Å². The summed E-state index contributed by atoms with van der Waals surface area (Å²) >= 11 is 0. The molecule has 2 atom stereocenters.